The molecule has 0 aliphatic rings. The van der Waals surface area contributed by atoms with E-state index in [1.165, 1.54) is 0 Å². The van der Waals surface area contributed by atoms with Crippen molar-refractivity contribution in [2.75, 3.05) is 12.5 Å². The van der Waals surface area contributed by atoms with E-state index in [1.807, 2.05) is 32.9 Å². The number of halogens is 1. The third kappa shape index (κ3) is 4.76. The molecule has 0 amide bonds. The zero-order valence-electron chi connectivity index (χ0n) is 11.3. The van der Waals surface area contributed by atoms with Gasteiger partial charge in [0.2, 0.25) is 0 Å². The van der Waals surface area contributed by atoms with Crippen LogP contribution in [-0.4, -0.2) is 12.5 Å². The van der Waals surface area contributed by atoms with Crippen molar-refractivity contribution >= 4 is 10.3 Å². The molecule has 1 aromatic carbocycles. The number of benzene rings is 1. The Balaban J connectivity index is 2.97. The van der Waals surface area contributed by atoms with Crippen LogP contribution in [0.2, 0.25) is 0 Å². The number of rotatable bonds is 4. The fourth-order valence-corrected chi connectivity index (χ4v) is 5.02. The van der Waals surface area contributed by atoms with Crippen molar-refractivity contribution in [2.45, 2.75) is 26.5 Å². The van der Waals surface area contributed by atoms with Gasteiger partial charge in [-0.25, -0.2) is 0 Å². The molecule has 6 heteroatoms. The van der Waals surface area contributed by atoms with E-state index in [4.69, 9.17) is 0 Å². The summed E-state index contributed by atoms with van der Waals surface area (Å²) in [6.45, 7) is 5.97. The van der Waals surface area contributed by atoms with Crippen molar-refractivity contribution in [3.63, 3.8) is 0 Å². The molecule has 0 aliphatic heterocycles. The number of hydrogen-bond donors (Lipinski definition) is 0. The van der Waals surface area contributed by atoms with Crippen molar-refractivity contribution in [1.29, 1.82) is 0 Å². The minimum Gasteiger partial charge on any atom is -0.182 e. The molecule has 0 aromatic heterocycles. The summed E-state index contributed by atoms with van der Waals surface area (Å²) in [5.74, 6) is 0.458. The van der Waals surface area contributed by atoms with Crippen LogP contribution in [-0.2, 0) is 9.49 Å². The van der Waals surface area contributed by atoms with E-state index in [0.717, 1.165) is 22.3 Å². The summed E-state index contributed by atoms with van der Waals surface area (Å²) < 4.78 is 36.7. The normalized spacial score (nSPS) is 13.8. The molecule has 0 fully saturated rings. The lowest BCUT2D eigenvalue weighted by atomic mass is 10.0. The molecule has 0 heterocycles. The van der Waals surface area contributed by atoms with Gasteiger partial charge < -0.3 is 0 Å². The van der Waals surface area contributed by atoms with Crippen LogP contribution >= 0.6 is 10.3 Å². The second-order valence-corrected chi connectivity index (χ2v) is 9.32. The molecular weight excluding hydrogens is 276 g/mol. The monoisotopic (exact) mass is 294 g/mol. The smallest absolute Gasteiger partial charge is 0.121 e. The summed E-state index contributed by atoms with van der Waals surface area (Å²) >= 11 is 0. The second-order valence-electron chi connectivity index (χ2n) is 4.90. The van der Waals surface area contributed by atoms with Crippen LogP contribution in [0.3, 0.4) is 0 Å². The topological polar surface area (TPSA) is 78.4 Å². The fraction of sp³-hybridized carbons (Fsp3) is 0.500. The highest BCUT2D eigenvalue weighted by Gasteiger charge is 2.33. The van der Waals surface area contributed by atoms with E-state index in [0.29, 0.717) is 5.75 Å². The first-order chi connectivity index (χ1) is 8.00. The van der Waals surface area contributed by atoms with Gasteiger partial charge in [-0.05, 0) is 37.5 Å². The van der Waals surface area contributed by atoms with Gasteiger partial charge in [-0.3, -0.25) is 0 Å². The SMILES string of the molecule is Cc1cc(C)c(CS(C)(C)O[Cl+3]([O-])([O-])[O-])c(C)c1. The predicted octanol–water partition coefficient (Wildman–Crippen LogP) is 0.00496. The molecule has 0 radical (unpaired) electrons. The quantitative estimate of drug-likeness (QED) is 0.783. The summed E-state index contributed by atoms with van der Waals surface area (Å²) in [6, 6.07) is 4.09. The first kappa shape index (κ1) is 15.8. The van der Waals surface area contributed by atoms with Crippen molar-refractivity contribution in [2.24, 2.45) is 0 Å². The lowest BCUT2D eigenvalue weighted by Gasteiger charge is -2.27. The van der Waals surface area contributed by atoms with E-state index in [2.05, 4.69) is 3.74 Å². The first-order valence-corrected chi connectivity index (χ1v) is 9.18. The van der Waals surface area contributed by atoms with E-state index in [1.54, 1.807) is 12.5 Å². The first-order valence-electron chi connectivity index (χ1n) is 5.40. The molecule has 0 bridgehead atoms. The maximum Gasteiger partial charge on any atom is 0.121 e. The summed E-state index contributed by atoms with van der Waals surface area (Å²) in [5.41, 5.74) is 4.41. The predicted molar refractivity (Wildman–Crippen MR) is 64.9 cm³/mol. The summed E-state index contributed by atoms with van der Waals surface area (Å²) in [6.07, 6.45) is 3.35. The molecule has 1 aromatic rings. The Labute approximate surface area is 112 Å². The van der Waals surface area contributed by atoms with E-state index < -0.39 is 20.6 Å². The molecule has 0 saturated carbocycles. The molecule has 0 N–H and O–H groups in total. The van der Waals surface area contributed by atoms with Gasteiger partial charge in [0.15, 0.2) is 0 Å². The molecule has 0 saturated heterocycles. The Morgan fingerprint density at radius 3 is 1.89 bits per heavy atom. The van der Waals surface area contributed by atoms with Crippen LogP contribution in [0.5, 0.6) is 0 Å². The van der Waals surface area contributed by atoms with Crippen LogP contribution in [0, 0.1) is 31.0 Å². The second kappa shape index (κ2) is 5.36. The van der Waals surface area contributed by atoms with Crippen LogP contribution in [0.15, 0.2) is 12.1 Å². The van der Waals surface area contributed by atoms with E-state index in [-0.39, 0.29) is 0 Å². The van der Waals surface area contributed by atoms with Crippen molar-refractivity contribution in [3.05, 3.63) is 34.4 Å². The van der Waals surface area contributed by atoms with Gasteiger partial charge in [0, 0.05) is 28.6 Å². The van der Waals surface area contributed by atoms with Gasteiger partial charge in [0.05, 0.1) is 10.2 Å². The minimum atomic E-state index is -4.37. The highest BCUT2D eigenvalue weighted by molar-refractivity contribution is 8.28. The molecule has 4 nitrogen and oxygen atoms in total. The molecule has 1 rings (SSSR count). The summed E-state index contributed by atoms with van der Waals surface area (Å²) in [4.78, 5) is 0. The Bertz CT molecular complexity index is 417. The lowest BCUT2D eigenvalue weighted by molar-refractivity contribution is -1.91. The maximum atomic E-state index is 10.7. The zero-order chi connectivity index (χ0) is 14.1. The van der Waals surface area contributed by atoms with E-state index in [9.17, 15) is 14.0 Å². The Morgan fingerprint density at radius 2 is 1.50 bits per heavy atom. The standard InChI is InChI=1S/C12H19ClO4S/c1-9-6-10(2)12(11(3)7-9)8-18(4,5)17-13(14,15)16/h6-7H,8H2,1-5H3. The number of aryl methyl sites for hydroxylation is 3. The zero-order valence-corrected chi connectivity index (χ0v) is 12.9. The molecule has 0 unspecified atom stereocenters. The summed E-state index contributed by atoms with van der Waals surface area (Å²) in [7, 11) is -6.33. The molecule has 0 atom stereocenters. The van der Waals surface area contributed by atoms with Gasteiger partial charge in [-0.1, -0.05) is 17.7 Å². The maximum absolute atomic E-state index is 10.7. The third-order valence-electron chi connectivity index (χ3n) is 2.58. The van der Waals surface area contributed by atoms with Gasteiger partial charge in [0.25, 0.3) is 0 Å². The molecule has 0 aliphatic carbocycles. The molecule has 0 spiro atoms. The third-order valence-corrected chi connectivity index (χ3v) is 5.55. The minimum absolute atomic E-state index is 0.458. The van der Waals surface area contributed by atoms with Crippen LogP contribution in [0.4, 0.5) is 0 Å². The van der Waals surface area contributed by atoms with Gasteiger partial charge in [-0.15, -0.1) is 0 Å². The van der Waals surface area contributed by atoms with Crippen LogP contribution in [0.25, 0.3) is 0 Å². The Morgan fingerprint density at radius 1 is 1.06 bits per heavy atom. The van der Waals surface area contributed by atoms with Crippen molar-refractivity contribution < 1.29 is 28.0 Å². The fourth-order valence-electron chi connectivity index (χ4n) is 2.02. The summed E-state index contributed by atoms with van der Waals surface area (Å²) in [5, 5.41) is 0. The van der Waals surface area contributed by atoms with Gasteiger partial charge in [-0.2, -0.15) is 14.0 Å². The van der Waals surface area contributed by atoms with Crippen molar-refractivity contribution in [3.8, 4) is 0 Å². The Hall–Kier alpha value is -0.300. The lowest BCUT2D eigenvalue weighted by Crippen LogP contribution is -2.61. The average molecular weight is 295 g/mol. The highest BCUT2D eigenvalue weighted by Crippen LogP contribution is 2.47. The van der Waals surface area contributed by atoms with E-state index >= 15 is 0 Å². The molecular formula is C12H19ClO4S. The number of hydrogen-bond acceptors (Lipinski definition) is 4. The van der Waals surface area contributed by atoms with Gasteiger partial charge in [0.1, 0.15) is 3.74 Å². The van der Waals surface area contributed by atoms with Crippen LogP contribution in [0.1, 0.15) is 22.3 Å². The van der Waals surface area contributed by atoms with Crippen molar-refractivity contribution in [1.82, 2.24) is 0 Å². The average Bonchev–Trinajstić information content (AvgIpc) is 2.07. The Kier molecular flexibility index (Phi) is 4.70. The largest absolute Gasteiger partial charge is 0.182 e. The molecule has 104 valence electrons. The van der Waals surface area contributed by atoms with Crippen LogP contribution < -0.4 is 14.0 Å². The molecule has 18 heavy (non-hydrogen) atoms. The highest BCUT2D eigenvalue weighted by atomic mass is 35.7. The van der Waals surface area contributed by atoms with Gasteiger partial charge >= 0.3 is 0 Å².